The van der Waals surface area contributed by atoms with Gasteiger partial charge in [0, 0.05) is 17.2 Å². The van der Waals surface area contributed by atoms with Gasteiger partial charge < -0.3 is 4.74 Å². The maximum atomic E-state index is 11.7. The molecule has 1 saturated carbocycles. The van der Waals surface area contributed by atoms with E-state index in [9.17, 15) is 8.42 Å². The van der Waals surface area contributed by atoms with Crippen molar-refractivity contribution in [3.05, 3.63) is 66.0 Å². The lowest BCUT2D eigenvalue weighted by Gasteiger charge is -2.34. The molecule has 134 valence electrons. The highest BCUT2D eigenvalue weighted by Crippen LogP contribution is 2.53. The Morgan fingerprint density at radius 1 is 1.00 bits per heavy atom. The van der Waals surface area contributed by atoms with Gasteiger partial charge in [0.15, 0.2) is 9.84 Å². The predicted molar refractivity (Wildman–Crippen MR) is 103 cm³/mol. The summed E-state index contributed by atoms with van der Waals surface area (Å²) in [5, 5.41) is 0. The SMILES string of the molecule is COc1ccc(C2=CC3(C=C2c2ccc(S(C)(=O)=O)cc2)CCC3)nc1. The van der Waals surface area contributed by atoms with Crippen LogP contribution in [0.1, 0.15) is 30.5 Å². The number of hydrogen-bond donors (Lipinski definition) is 0. The molecule has 1 spiro atoms. The average Bonchev–Trinajstić information content (AvgIpc) is 3.03. The van der Waals surface area contributed by atoms with Gasteiger partial charge in [-0.2, -0.15) is 0 Å². The predicted octanol–water partition coefficient (Wildman–Crippen LogP) is 4.14. The van der Waals surface area contributed by atoms with E-state index in [0.29, 0.717) is 4.90 Å². The van der Waals surface area contributed by atoms with Gasteiger partial charge in [0.25, 0.3) is 0 Å². The number of rotatable bonds is 4. The Morgan fingerprint density at radius 2 is 1.69 bits per heavy atom. The van der Waals surface area contributed by atoms with E-state index in [1.165, 1.54) is 12.7 Å². The molecule has 0 atom stereocenters. The first-order valence-electron chi connectivity index (χ1n) is 8.67. The first kappa shape index (κ1) is 17.0. The quantitative estimate of drug-likeness (QED) is 0.815. The van der Waals surface area contributed by atoms with Crippen molar-refractivity contribution >= 4 is 21.0 Å². The van der Waals surface area contributed by atoms with Crippen molar-refractivity contribution in [1.82, 2.24) is 4.98 Å². The van der Waals surface area contributed by atoms with Gasteiger partial charge in [-0.25, -0.2) is 8.42 Å². The maximum Gasteiger partial charge on any atom is 0.175 e. The smallest absolute Gasteiger partial charge is 0.175 e. The number of aromatic nitrogens is 1. The van der Waals surface area contributed by atoms with E-state index in [1.54, 1.807) is 25.4 Å². The largest absolute Gasteiger partial charge is 0.495 e. The standard InChI is InChI=1S/C21H21NO3S/c1-25-16-6-9-20(22-14-16)19-13-21(10-3-11-21)12-18(19)15-4-7-17(8-5-15)26(2,23)24/h4-9,12-14H,3,10-11H2,1-2H3. The monoisotopic (exact) mass is 367 g/mol. The zero-order valence-corrected chi connectivity index (χ0v) is 15.7. The minimum atomic E-state index is -3.19. The molecule has 4 rings (SSSR count). The molecule has 0 unspecified atom stereocenters. The lowest BCUT2D eigenvalue weighted by atomic mass is 9.70. The molecule has 0 amide bonds. The van der Waals surface area contributed by atoms with Gasteiger partial charge in [0.1, 0.15) is 5.75 Å². The molecule has 0 aliphatic heterocycles. The lowest BCUT2D eigenvalue weighted by molar-refractivity contribution is 0.282. The molecule has 4 nitrogen and oxygen atoms in total. The Morgan fingerprint density at radius 3 is 2.19 bits per heavy atom. The van der Waals surface area contributed by atoms with Crippen LogP contribution in [0.25, 0.3) is 11.1 Å². The summed E-state index contributed by atoms with van der Waals surface area (Å²) in [6, 6.07) is 11.0. The molecule has 0 bridgehead atoms. The highest BCUT2D eigenvalue weighted by Gasteiger charge is 2.38. The summed E-state index contributed by atoms with van der Waals surface area (Å²) in [7, 11) is -1.56. The van der Waals surface area contributed by atoms with E-state index in [2.05, 4.69) is 17.1 Å². The number of pyridine rings is 1. The molecular weight excluding hydrogens is 346 g/mol. The Bertz CT molecular complexity index is 996. The number of benzene rings is 1. The molecule has 0 radical (unpaired) electrons. The third-order valence-corrected chi connectivity index (χ3v) is 6.41. The number of sulfone groups is 1. The number of hydrogen-bond acceptors (Lipinski definition) is 4. The molecule has 2 aromatic rings. The van der Waals surface area contributed by atoms with Crippen molar-refractivity contribution in [2.24, 2.45) is 5.41 Å². The van der Waals surface area contributed by atoms with Crippen molar-refractivity contribution in [3.8, 4) is 5.75 Å². The van der Waals surface area contributed by atoms with Crippen molar-refractivity contribution in [2.45, 2.75) is 24.2 Å². The van der Waals surface area contributed by atoms with Crippen LogP contribution in [0.5, 0.6) is 5.75 Å². The summed E-state index contributed by atoms with van der Waals surface area (Å²) in [5.74, 6) is 0.730. The lowest BCUT2D eigenvalue weighted by Crippen LogP contribution is -2.22. The van der Waals surface area contributed by atoms with Crippen LogP contribution in [-0.2, 0) is 9.84 Å². The van der Waals surface area contributed by atoms with Crippen LogP contribution in [0.2, 0.25) is 0 Å². The fourth-order valence-corrected chi connectivity index (χ4v) is 4.27. The number of allylic oxidation sites excluding steroid dienone is 4. The third-order valence-electron chi connectivity index (χ3n) is 5.28. The molecule has 5 heteroatoms. The molecule has 2 aliphatic carbocycles. The van der Waals surface area contributed by atoms with Gasteiger partial charge in [-0.05, 0) is 48.2 Å². The van der Waals surface area contributed by atoms with Crippen LogP contribution in [0.15, 0.2) is 59.6 Å². The molecule has 0 N–H and O–H groups in total. The van der Waals surface area contributed by atoms with Gasteiger partial charge in [-0.3, -0.25) is 4.98 Å². The van der Waals surface area contributed by atoms with E-state index >= 15 is 0 Å². The summed E-state index contributed by atoms with van der Waals surface area (Å²) >= 11 is 0. The molecule has 1 aromatic carbocycles. The van der Waals surface area contributed by atoms with Crippen LogP contribution in [-0.4, -0.2) is 26.8 Å². The summed E-state index contributed by atoms with van der Waals surface area (Å²) in [4.78, 5) is 4.90. The Labute approximate surface area is 154 Å². The van der Waals surface area contributed by atoms with Crippen LogP contribution >= 0.6 is 0 Å². The van der Waals surface area contributed by atoms with E-state index < -0.39 is 9.84 Å². The number of ether oxygens (including phenoxy) is 1. The van der Waals surface area contributed by atoms with E-state index in [-0.39, 0.29) is 5.41 Å². The number of nitrogens with zero attached hydrogens (tertiary/aromatic N) is 1. The van der Waals surface area contributed by atoms with Crippen LogP contribution in [0.4, 0.5) is 0 Å². The first-order valence-corrected chi connectivity index (χ1v) is 10.6. The molecule has 2 aliphatic rings. The Balaban J connectivity index is 1.75. The Kier molecular flexibility index (Phi) is 3.99. The second-order valence-electron chi connectivity index (χ2n) is 7.08. The summed E-state index contributed by atoms with van der Waals surface area (Å²) in [6.45, 7) is 0. The molecule has 1 fully saturated rings. The van der Waals surface area contributed by atoms with Gasteiger partial charge in [0.05, 0.1) is 23.9 Å². The minimum absolute atomic E-state index is 0.127. The van der Waals surface area contributed by atoms with Gasteiger partial charge in [-0.1, -0.05) is 30.7 Å². The fourth-order valence-electron chi connectivity index (χ4n) is 3.64. The summed E-state index contributed by atoms with van der Waals surface area (Å²) in [6.07, 6.45) is 11.1. The van der Waals surface area contributed by atoms with Crippen LogP contribution in [0, 0.1) is 5.41 Å². The van der Waals surface area contributed by atoms with Gasteiger partial charge >= 0.3 is 0 Å². The highest BCUT2D eigenvalue weighted by atomic mass is 32.2. The molecule has 26 heavy (non-hydrogen) atoms. The topological polar surface area (TPSA) is 56.3 Å². The average molecular weight is 367 g/mol. The zero-order valence-electron chi connectivity index (χ0n) is 14.9. The molecule has 0 saturated heterocycles. The second kappa shape index (κ2) is 6.09. The van der Waals surface area contributed by atoms with Gasteiger partial charge in [0.2, 0.25) is 0 Å². The van der Waals surface area contributed by atoms with Crippen molar-refractivity contribution in [3.63, 3.8) is 0 Å². The zero-order chi connectivity index (χ0) is 18.4. The number of methoxy groups -OCH3 is 1. The van der Waals surface area contributed by atoms with E-state index in [1.807, 2.05) is 24.3 Å². The van der Waals surface area contributed by atoms with Gasteiger partial charge in [-0.15, -0.1) is 0 Å². The highest BCUT2D eigenvalue weighted by molar-refractivity contribution is 7.90. The van der Waals surface area contributed by atoms with Crippen molar-refractivity contribution in [1.29, 1.82) is 0 Å². The Hall–Kier alpha value is -2.40. The van der Waals surface area contributed by atoms with Crippen LogP contribution in [0.3, 0.4) is 0 Å². The van der Waals surface area contributed by atoms with E-state index in [0.717, 1.165) is 41.0 Å². The third kappa shape index (κ3) is 2.97. The van der Waals surface area contributed by atoms with Crippen molar-refractivity contribution in [2.75, 3.05) is 13.4 Å². The molecular formula is C21H21NO3S. The normalized spacial score (nSPS) is 18.2. The fraction of sp³-hybridized carbons (Fsp3) is 0.286. The molecule has 1 heterocycles. The van der Waals surface area contributed by atoms with Crippen molar-refractivity contribution < 1.29 is 13.2 Å². The maximum absolute atomic E-state index is 11.7. The molecule has 1 aromatic heterocycles. The van der Waals surface area contributed by atoms with Crippen LogP contribution < -0.4 is 4.74 Å². The second-order valence-corrected chi connectivity index (χ2v) is 9.10. The summed E-state index contributed by atoms with van der Waals surface area (Å²) < 4.78 is 28.7. The minimum Gasteiger partial charge on any atom is -0.495 e. The van der Waals surface area contributed by atoms with E-state index in [4.69, 9.17) is 4.74 Å². The first-order chi connectivity index (χ1) is 12.4. The summed E-state index contributed by atoms with van der Waals surface area (Å²) in [5.41, 5.74) is 4.29.